The molecule has 2 nitrogen and oxygen atoms in total. The molecular weight excluding hydrogens is 272 g/mol. The third kappa shape index (κ3) is 3.33. The molecule has 2 aromatic carbocycles. The zero-order valence-corrected chi connectivity index (χ0v) is 14.0. The van der Waals surface area contributed by atoms with Crippen LogP contribution in [-0.2, 0) is 4.74 Å². The summed E-state index contributed by atoms with van der Waals surface area (Å²) < 4.78 is 10.7. The van der Waals surface area contributed by atoms with Crippen LogP contribution < -0.4 is 4.74 Å². The molecule has 0 aliphatic heterocycles. The lowest BCUT2D eigenvalue weighted by molar-refractivity contribution is 0.341. The zero-order chi connectivity index (χ0) is 16.1. The first-order valence-corrected chi connectivity index (χ1v) is 7.55. The summed E-state index contributed by atoms with van der Waals surface area (Å²) in [6.07, 6.45) is 3.71. The van der Waals surface area contributed by atoms with Gasteiger partial charge >= 0.3 is 0 Å². The Labute approximate surface area is 133 Å². The number of ether oxygens (including phenoxy) is 2. The predicted molar refractivity (Wildman–Crippen MR) is 93.3 cm³/mol. The van der Waals surface area contributed by atoms with Gasteiger partial charge in [0.15, 0.2) is 0 Å². The fourth-order valence-corrected chi connectivity index (χ4v) is 2.56. The van der Waals surface area contributed by atoms with Crippen LogP contribution >= 0.6 is 0 Å². The van der Waals surface area contributed by atoms with Crippen LogP contribution in [0.5, 0.6) is 5.75 Å². The summed E-state index contributed by atoms with van der Waals surface area (Å²) in [5.41, 5.74) is 5.90. The molecule has 0 bridgehead atoms. The summed E-state index contributed by atoms with van der Waals surface area (Å²) in [5.74, 6) is 1.39. The Balaban J connectivity index is 2.61. The number of aryl methyl sites for hydroxylation is 1. The van der Waals surface area contributed by atoms with E-state index in [0.29, 0.717) is 5.92 Å². The Hall–Kier alpha value is -2.22. The van der Waals surface area contributed by atoms with Crippen molar-refractivity contribution in [3.05, 3.63) is 59.4 Å². The number of hydrogen-bond acceptors (Lipinski definition) is 2. The van der Waals surface area contributed by atoms with Gasteiger partial charge in [0, 0.05) is 5.56 Å². The van der Waals surface area contributed by atoms with Crippen molar-refractivity contribution in [2.75, 3.05) is 14.2 Å². The smallest absolute Gasteiger partial charge is 0.126 e. The minimum absolute atomic E-state index is 0.480. The number of methoxy groups -OCH3 is 2. The highest BCUT2D eigenvalue weighted by molar-refractivity contribution is 5.80. The van der Waals surface area contributed by atoms with Crippen molar-refractivity contribution in [1.82, 2.24) is 0 Å². The Morgan fingerprint density at radius 3 is 2.41 bits per heavy atom. The van der Waals surface area contributed by atoms with E-state index in [4.69, 9.17) is 9.47 Å². The van der Waals surface area contributed by atoms with E-state index in [-0.39, 0.29) is 0 Å². The van der Waals surface area contributed by atoms with Crippen molar-refractivity contribution in [2.24, 2.45) is 0 Å². The number of benzene rings is 2. The molecule has 0 N–H and O–H groups in total. The molecule has 22 heavy (non-hydrogen) atoms. The molecule has 2 rings (SSSR count). The minimum atomic E-state index is 0.480. The Morgan fingerprint density at radius 1 is 1.00 bits per heavy atom. The van der Waals surface area contributed by atoms with Crippen molar-refractivity contribution in [2.45, 2.75) is 26.7 Å². The molecule has 0 atom stereocenters. The molecule has 0 radical (unpaired) electrons. The Morgan fingerprint density at radius 2 is 1.77 bits per heavy atom. The quantitative estimate of drug-likeness (QED) is 0.687. The van der Waals surface area contributed by atoms with Crippen LogP contribution in [0.15, 0.2) is 42.7 Å². The molecule has 0 saturated heterocycles. The Kier molecular flexibility index (Phi) is 5.26. The summed E-state index contributed by atoms with van der Waals surface area (Å²) in [6, 6.07) is 12.8. The van der Waals surface area contributed by atoms with Gasteiger partial charge in [-0.2, -0.15) is 0 Å². The summed E-state index contributed by atoms with van der Waals surface area (Å²) in [4.78, 5) is 0. The third-order valence-electron chi connectivity index (χ3n) is 3.88. The van der Waals surface area contributed by atoms with Crippen LogP contribution in [0.4, 0.5) is 0 Å². The van der Waals surface area contributed by atoms with Gasteiger partial charge in [-0.25, -0.2) is 0 Å². The fourth-order valence-electron chi connectivity index (χ4n) is 2.56. The highest BCUT2D eigenvalue weighted by atomic mass is 16.5. The molecule has 2 aromatic rings. The molecule has 0 aliphatic carbocycles. The summed E-state index contributed by atoms with van der Waals surface area (Å²) in [7, 11) is 3.38. The number of hydrogen-bond donors (Lipinski definition) is 0. The van der Waals surface area contributed by atoms with Crippen LogP contribution in [-0.4, -0.2) is 14.2 Å². The van der Waals surface area contributed by atoms with Crippen molar-refractivity contribution in [1.29, 1.82) is 0 Å². The largest absolute Gasteiger partial charge is 0.504 e. The molecule has 0 unspecified atom stereocenters. The van der Waals surface area contributed by atoms with Crippen molar-refractivity contribution in [3.63, 3.8) is 0 Å². The van der Waals surface area contributed by atoms with Gasteiger partial charge in [0.25, 0.3) is 0 Å². The molecule has 0 aliphatic rings. The van der Waals surface area contributed by atoms with Gasteiger partial charge in [0.2, 0.25) is 0 Å². The first-order chi connectivity index (χ1) is 10.6. The maximum absolute atomic E-state index is 5.63. The van der Waals surface area contributed by atoms with Crippen LogP contribution in [0.25, 0.3) is 17.2 Å². The average Bonchev–Trinajstić information content (AvgIpc) is 2.52. The molecule has 0 amide bonds. The van der Waals surface area contributed by atoms with Crippen LogP contribution in [0, 0.1) is 6.92 Å². The Bertz CT molecular complexity index is 669. The molecule has 116 valence electrons. The fraction of sp³-hybridized carbons (Fsp3) is 0.300. The second-order valence-electron chi connectivity index (χ2n) is 5.69. The van der Waals surface area contributed by atoms with Gasteiger partial charge in [-0.15, -0.1) is 0 Å². The van der Waals surface area contributed by atoms with Crippen LogP contribution in [0.3, 0.4) is 0 Å². The molecule has 0 fully saturated rings. The van der Waals surface area contributed by atoms with E-state index < -0.39 is 0 Å². The molecule has 2 heteroatoms. The maximum atomic E-state index is 5.63. The highest BCUT2D eigenvalue weighted by Gasteiger charge is 2.12. The van der Waals surface area contributed by atoms with E-state index in [9.17, 15) is 0 Å². The third-order valence-corrected chi connectivity index (χ3v) is 3.88. The summed E-state index contributed by atoms with van der Waals surface area (Å²) in [6.45, 7) is 6.48. The first-order valence-electron chi connectivity index (χ1n) is 7.55. The highest BCUT2D eigenvalue weighted by Crippen LogP contribution is 2.36. The lowest BCUT2D eigenvalue weighted by Crippen LogP contribution is -1.95. The van der Waals surface area contributed by atoms with Gasteiger partial charge in [-0.3, -0.25) is 0 Å². The normalized spacial score (nSPS) is 11.2. The first kappa shape index (κ1) is 16.2. The lowest BCUT2D eigenvalue weighted by Gasteiger charge is -2.15. The topological polar surface area (TPSA) is 18.5 Å². The van der Waals surface area contributed by atoms with Crippen molar-refractivity contribution < 1.29 is 9.47 Å². The van der Waals surface area contributed by atoms with Crippen molar-refractivity contribution in [3.8, 4) is 16.9 Å². The monoisotopic (exact) mass is 296 g/mol. The molecule has 0 spiro atoms. The molecule has 0 heterocycles. The van der Waals surface area contributed by atoms with E-state index in [0.717, 1.165) is 22.4 Å². The maximum Gasteiger partial charge on any atom is 0.126 e. The second kappa shape index (κ2) is 7.17. The van der Waals surface area contributed by atoms with Crippen LogP contribution in [0.1, 0.15) is 36.5 Å². The molecule has 0 saturated carbocycles. The van der Waals surface area contributed by atoms with E-state index in [1.807, 2.05) is 6.08 Å². The lowest BCUT2D eigenvalue weighted by atomic mass is 9.93. The SMILES string of the molecule is COC=Cc1c(C)cccc1-c1ccc(C(C)C)cc1OC. The summed E-state index contributed by atoms with van der Waals surface area (Å²) in [5, 5.41) is 0. The van der Waals surface area contributed by atoms with Gasteiger partial charge < -0.3 is 9.47 Å². The van der Waals surface area contributed by atoms with E-state index in [2.05, 4.69) is 57.2 Å². The molecule has 0 aromatic heterocycles. The van der Waals surface area contributed by atoms with Gasteiger partial charge in [-0.1, -0.05) is 44.2 Å². The second-order valence-corrected chi connectivity index (χ2v) is 5.69. The standard InChI is InChI=1S/C20H24O2/c1-14(2)16-9-10-19(20(13-16)22-5)18-8-6-7-15(3)17(18)11-12-21-4/h6-14H,1-5H3. The average molecular weight is 296 g/mol. The van der Waals surface area contributed by atoms with Crippen molar-refractivity contribution >= 4 is 6.08 Å². The van der Waals surface area contributed by atoms with E-state index in [1.165, 1.54) is 11.1 Å². The number of rotatable bonds is 5. The minimum Gasteiger partial charge on any atom is -0.504 e. The predicted octanol–water partition coefficient (Wildman–Crippen LogP) is 5.41. The van der Waals surface area contributed by atoms with Gasteiger partial charge in [0.05, 0.1) is 20.5 Å². The van der Waals surface area contributed by atoms with E-state index >= 15 is 0 Å². The van der Waals surface area contributed by atoms with Gasteiger partial charge in [-0.05, 0) is 47.2 Å². The summed E-state index contributed by atoms with van der Waals surface area (Å²) >= 11 is 0. The van der Waals surface area contributed by atoms with Gasteiger partial charge in [0.1, 0.15) is 5.75 Å². The van der Waals surface area contributed by atoms with E-state index in [1.54, 1.807) is 20.5 Å². The molecular formula is C20H24O2. The zero-order valence-electron chi connectivity index (χ0n) is 14.0. The van der Waals surface area contributed by atoms with Crippen LogP contribution in [0.2, 0.25) is 0 Å².